The van der Waals surface area contributed by atoms with E-state index in [1.165, 1.54) is 17.1 Å². The highest BCUT2D eigenvalue weighted by atomic mass is 16.5. The number of nitrogens with zero attached hydrogens (tertiary/aromatic N) is 6. The molecule has 2 heterocycles. The summed E-state index contributed by atoms with van der Waals surface area (Å²) >= 11 is 0. The standard InChI is InChI=1S/C11H15N7O2/c1-4-20-8(19)7-5-13-18(6-7)11-15-9(12)14-10(16-11)17(2)3/h5-6H,4H2,1-3H3,(H2,12,14,15,16). The van der Waals surface area contributed by atoms with Crippen LogP contribution in [0.5, 0.6) is 0 Å². The lowest BCUT2D eigenvalue weighted by Gasteiger charge is -2.10. The minimum atomic E-state index is -0.450. The number of anilines is 2. The van der Waals surface area contributed by atoms with Gasteiger partial charge >= 0.3 is 5.97 Å². The van der Waals surface area contributed by atoms with Crippen LogP contribution in [0.2, 0.25) is 0 Å². The molecule has 2 rings (SSSR count). The Hall–Kier alpha value is -2.71. The van der Waals surface area contributed by atoms with Crippen molar-refractivity contribution in [3.05, 3.63) is 18.0 Å². The molecule has 0 aliphatic carbocycles. The number of ether oxygens (including phenoxy) is 1. The Bertz CT molecular complexity index is 623. The Morgan fingerprint density at radius 3 is 2.80 bits per heavy atom. The van der Waals surface area contributed by atoms with Crippen molar-refractivity contribution >= 4 is 17.9 Å². The molecule has 2 aromatic heterocycles. The van der Waals surface area contributed by atoms with Crippen LogP contribution in [-0.4, -0.2) is 51.4 Å². The third kappa shape index (κ3) is 2.82. The molecule has 20 heavy (non-hydrogen) atoms. The molecule has 0 amide bonds. The van der Waals surface area contributed by atoms with Gasteiger partial charge in [0.2, 0.25) is 11.9 Å². The predicted molar refractivity (Wildman–Crippen MR) is 71.6 cm³/mol. The maximum Gasteiger partial charge on any atom is 0.341 e. The van der Waals surface area contributed by atoms with Crippen LogP contribution in [0.4, 0.5) is 11.9 Å². The van der Waals surface area contributed by atoms with Gasteiger partial charge in [0.25, 0.3) is 5.95 Å². The summed E-state index contributed by atoms with van der Waals surface area (Å²) < 4.78 is 6.23. The zero-order valence-electron chi connectivity index (χ0n) is 11.4. The van der Waals surface area contributed by atoms with Crippen molar-refractivity contribution in [2.45, 2.75) is 6.92 Å². The van der Waals surface area contributed by atoms with Crippen LogP contribution in [0.15, 0.2) is 12.4 Å². The number of nitrogens with two attached hydrogens (primary N) is 1. The molecule has 0 spiro atoms. The molecule has 2 aromatic rings. The fourth-order valence-electron chi connectivity index (χ4n) is 1.42. The summed E-state index contributed by atoms with van der Waals surface area (Å²) in [6, 6.07) is 0. The molecular weight excluding hydrogens is 262 g/mol. The number of esters is 1. The quantitative estimate of drug-likeness (QED) is 0.770. The summed E-state index contributed by atoms with van der Waals surface area (Å²) in [5.74, 6) is 0.262. The summed E-state index contributed by atoms with van der Waals surface area (Å²) in [6.07, 6.45) is 2.86. The molecule has 0 saturated heterocycles. The van der Waals surface area contributed by atoms with Crippen molar-refractivity contribution in [3.8, 4) is 5.95 Å². The lowest BCUT2D eigenvalue weighted by Crippen LogP contribution is -2.17. The van der Waals surface area contributed by atoms with Crippen molar-refractivity contribution in [3.63, 3.8) is 0 Å². The predicted octanol–water partition coefficient (Wildman–Crippen LogP) is -0.118. The van der Waals surface area contributed by atoms with Gasteiger partial charge in [-0.15, -0.1) is 0 Å². The average Bonchev–Trinajstić information content (AvgIpc) is 2.88. The molecule has 9 heteroatoms. The van der Waals surface area contributed by atoms with Crippen LogP contribution in [0.25, 0.3) is 5.95 Å². The summed E-state index contributed by atoms with van der Waals surface area (Å²) in [6.45, 7) is 2.03. The smallest absolute Gasteiger partial charge is 0.341 e. The van der Waals surface area contributed by atoms with Crippen LogP contribution in [0.1, 0.15) is 17.3 Å². The normalized spacial score (nSPS) is 10.3. The number of carbonyl (C=O) groups is 1. The largest absolute Gasteiger partial charge is 0.462 e. The summed E-state index contributed by atoms with van der Waals surface area (Å²) in [5, 5.41) is 4.02. The minimum absolute atomic E-state index is 0.0758. The first-order valence-electron chi connectivity index (χ1n) is 5.92. The number of carbonyl (C=O) groups excluding carboxylic acids is 1. The lowest BCUT2D eigenvalue weighted by molar-refractivity contribution is 0.0526. The first-order valence-corrected chi connectivity index (χ1v) is 5.92. The fourth-order valence-corrected chi connectivity index (χ4v) is 1.42. The number of nitrogen functional groups attached to an aromatic ring is 1. The van der Waals surface area contributed by atoms with Gasteiger partial charge in [0.05, 0.1) is 18.4 Å². The summed E-state index contributed by atoms with van der Waals surface area (Å²) in [5.41, 5.74) is 5.94. The zero-order chi connectivity index (χ0) is 14.7. The van der Waals surface area contributed by atoms with Gasteiger partial charge in [-0.25, -0.2) is 9.48 Å². The van der Waals surface area contributed by atoms with E-state index in [1.807, 2.05) is 0 Å². The van der Waals surface area contributed by atoms with Crippen molar-refractivity contribution in [2.75, 3.05) is 31.3 Å². The maximum absolute atomic E-state index is 11.6. The van der Waals surface area contributed by atoms with E-state index in [9.17, 15) is 4.79 Å². The fraction of sp³-hybridized carbons (Fsp3) is 0.364. The van der Waals surface area contributed by atoms with E-state index >= 15 is 0 Å². The van der Waals surface area contributed by atoms with E-state index in [-0.39, 0.29) is 11.9 Å². The Kier molecular flexibility index (Phi) is 3.78. The number of hydrogen-bond donors (Lipinski definition) is 1. The van der Waals surface area contributed by atoms with E-state index in [0.29, 0.717) is 18.1 Å². The first-order chi connectivity index (χ1) is 9.51. The van der Waals surface area contributed by atoms with Crippen LogP contribution >= 0.6 is 0 Å². The molecule has 106 valence electrons. The van der Waals surface area contributed by atoms with Crippen LogP contribution in [0, 0.1) is 0 Å². The van der Waals surface area contributed by atoms with Crippen molar-refractivity contribution in [1.82, 2.24) is 24.7 Å². The number of hydrogen-bond acceptors (Lipinski definition) is 8. The highest BCUT2D eigenvalue weighted by molar-refractivity contribution is 5.88. The van der Waals surface area contributed by atoms with Gasteiger partial charge in [-0.1, -0.05) is 0 Å². The molecule has 2 N–H and O–H groups in total. The lowest BCUT2D eigenvalue weighted by atomic mass is 10.4. The molecule has 0 aliphatic heterocycles. The van der Waals surface area contributed by atoms with Crippen molar-refractivity contribution < 1.29 is 9.53 Å². The monoisotopic (exact) mass is 277 g/mol. The Labute approximate surface area is 115 Å². The molecule has 0 bridgehead atoms. The van der Waals surface area contributed by atoms with Gasteiger partial charge in [-0.05, 0) is 6.92 Å². The maximum atomic E-state index is 11.6. The second-order valence-corrected chi connectivity index (χ2v) is 4.08. The molecule has 0 atom stereocenters. The topological polar surface area (TPSA) is 112 Å². The Morgan fingerprint density at radius 1 is 1.40 bits per heavy atom. The van der Waals surface area contributed by atoms with Crippen molar-refractivity contribution in [2.24, 2.45) is 0 Å². The van der Waals surface area contributed by atoms with E-state index in [4.69, 9.17) is 10.5 Å². The molecule has 0 radical (unpaired) electrons. The number of aromatic nitrogens is 5. The van der Waals surface area contributed by atoms with Gasteiger partial charge in [0.1, 0.15) is 0 Å². The van der Waals surface area contributed by atoms with Gasteiger partial charge in [-0.3, -0.25) is 0 Å². The first kappa shape index (κ1) is 13.7. The highest BCUT2D eigenvalue weighted by Crippen LogP contribution is 2.10. The summed E-state index contributed by atoms with van der Waals surface area (Å²) in [4.78, 5) is 25.4. The molecule has 0 saturated carbocycles. The molecular formula is C11H15N7O2. The van der Waals surface area contributed by atoms with Crippen LogP contribution in [0.3, 0.4) is 0 Å². The highest BCUT2D eigenvalue weighted by Gasteiger charge is 2.13. The van der Waals surface area contributed by atoms with Crippen LogP contribution in [-0.2, 0) is 4.74 Å². The van der Waals surface area contributed by atoms with Crippen molar-refractivity contribution in [1.29, 1.82) is 0 Å². The third-order valence-electron chi connectivity index (χ3n) is 2.33. The van der Waals surface area contributed by atoms with Gasteiger partial charge in [-0.2, -0.15) is 20.1 Å². The Balaban J connectivity index is 2.34. The van der Waals surface area contributed by atoms with E-state index in [2.05, 4.69) is 20.1 Å². The second kappa shape index (κ2) is 5.51. The second-order valence-electron chi connectivity index (χ2n) is 4.08. The molecule has 9 nitrogen and oxygen atoms in total. The number of rotatable bonds is 4. The molecule has 0 aliphatic rings. The minimum Gasteiger partial charge on any atom is -0.462 e. The zero-order valence-corrected chi connectivity index (χ0v) is 11.4. The van der Waals surface area contributed by atoms with Gasteiger partial charge in [0.15, 0.2) is 0 Å². The molecule has 0 aromatic carbocycles. The summed E-state index contributed by atoms with van der Waals surface area (Å²) in [7, 11) is 3.57. The van der Waals surface area contributed by atoms with Crippen LogP contribution < -0.4 is 10.6 Å². The van der Waals surface area contributed by atoms with Gasteiger partial charge < -0.3 is 15.4 Å². The molecule has 0 unspecified atom stereocenters. The van der Waals surface area contributed by atoms with E-state index in [1.54, 1.807) is 25.9 Å². The third-order valence-corrected chi connectivity index (χ3v) is 2.33. The average molecular weight is 277 g/mol. The Morgan fingerprint density at radius 2 is 2.15 bits per heavy atom. The van der Waals surface area contributed by atoms with Gasteiger partial charge in [0, 0.05) is 20.3 Å². The molecule has 0 fully saturated rings. The SMILES string of the molecule is CCOC(=O)c1cnn(-c2nc(N)nc(N(C)C)n2)c1. The van der Waals surface area contributed by atoms with E-state index < -0.39 is 5.97 Å². The van der Waals surface area contributed by atoms with E-state index in [0.717, 1.165) is 0 Å².